The van der Waals surface area contributed by atoms with Crippen molar-refractivity contribution in [1.29, 1.82) is 0 Å². The molecule has 0 aliphatic heterocycles. The Morgan fingerprint density at radius 2 is 1.71 bits per heavy atom. The molecule has 0 saturated carbocycles. The van der Waals surface area contributed by atoms with Crippen molar-refractivity contribution in [2.24, 2.45) is 0 Å². The minimum Gasteiger partial charge on any atom is -0.543 e. The van der Waals surface area contributed by atoms with Crippen molar-refractivity contribution in [2.45, 2.75) is 78.1 Å². The van der Waals surface area contributed by atoms with Crippen molar-refractivity contribution >= 4 is 41.6 Å². The van der Waals surface area contributed by atoms with Crippen LogP contribution in [0.5, 0.6) is 5.75 Å². The summed E-state index contributed by atoms with van der Waals surface area (Å²) >= 11 is 1.34. The van der Waals surface area contributed by atoms with Crippen LogP contribution in [0.3, 0.4) is 0 Å². The molecule has 1 heterocycles. The lowest BCUT2D eigenvalue weighted by molar-refractivity contribution is -0.154. The van der Waals surface area contributed by atoms with Crippen LogP contribution >= 0.6 is 11.3 Å². The number of fused-ring (bicyclic) bond motifs is 1. The number of esters is 1. The number of ether oxygens (including phenoxy) is 1. The van der Waals surface area contributed by atoms with Gasteiger partial charge >= 0.3 is 5.97 Å². The molecule has 5 nitrogen and oxygen atoms in total. The normalized spacial score (nSPS) is 12.9. The fraction of sp³-hybridized carbons (Fsp3) is 0.571. The van der Waals surface area contributed by atoms with Crippen LogP contribution in [0, 0.1) is 0 Å². The molecule has 2 rings (SSSR count). The molecular weight excluding hydrogens is 390 g/mol. The van der Waals surface area contributed by atoms with E-state index in [1.54, 1.807) is 0 Å². The van der Waals surface area contributed by atoms with Crippen LogP contribution in [0.25, 0.3) is 10.2 Å². The smallest absolute Gasteiger partial charge is 0.306 e. The van der Waals surface area contributed by atoms with E-state index in [9.17, 15) is 9.59 Å². The van der Waals surface area contributed by atoms with Gasteiger partial charge in [0.1, 0.15) is 11.4 Å². The quantitative estimate of drug-likeness (QED) is 0.326. The number of thiazole rings is 1. The van der Waals surface area contributed by atoms with Crippen molar-refractivity contribution in [3.8, 4) is 5.75 Å². The van der Waals surface area contributed by atoms with Gasteiger partial charge in [0.2, 0.25) is 8.32 Å². The third kappa shape index (κ3) is 5.88. The maximum Gasteiger partial charge on any atom is 0.306 e. The van der Waals surface area contributed by atoms with Gasteiger partial charge in [0.05, 0.1) is 16.6 Å². The molecule has 28 heavy (non-hydrogen) atoms. The Labute approximate surface area is 172 Å². The average Bonchev–Trinajstić information content (AvgIpc) is 2.92. The number of carbonyl (C=O) groups is 2. The molecule has 2 aromatic rings. The monoisotopic (exact) mass is 421 g/mol. The van der Waals surface area contributed by atoms with Gasteiger partial charge in [-0.2, -0.15) is 0 Å². The molecule has 0 bridgehead atoms. The van der Waals surface area contributed by atoms with Crippen LogP contribution in [0.2, 0.25) is 18.1 Å². The predicted molar refractivity (Wildman–Crippen MR) is 117 cm³/mol. The minimum absolute atomic E-state index is 0.0613. The van der Waals surface area contributed by atoms with Gasteiger partial charge in [0.25, 0.3) is 0 Å². The molecular formula is C21H31NO4SSi. The standard InChI is InChI=1S/C21H31NO4SSi/c1-20(2,3)25-18(24)12-11-16(23)19-22-15-10-9-14(13-17(15)27-19)26-28(7,8)21(4,5)6/h9-10,13H,11-12H2,1-8H3. The molecule has 0 radical (unpaired) electrons. The van der Waals surface area contributed by atoms with Crippen LogP contribution in [0.15, 0.2) is 18.2 Å². The molecule has 154 valence electrons. The van der Waals surface area contributed by atoms with Crippen molar-refractivity contribution in [3.05, 3.63) is 23.2 Å². The predicted octanol–water partition coefficient (Wildman–Crippen LogP) is 5.98. The maximum atomic E-state index is 12.4. The van der Waals surface area contributed by atoms with E-state index in [1.165, 1.54) is 11.3 Å². The molecule has 0 atom stereocenters. The van der Waals surface area contributed by atoms with E-state index in [-0.39, 0.29) is 29.6 Å². The lowest BCUT2D eigenvalue weighted by Crippen LogP contribution is -2.43. The molecule has 0 spiro atoms. The lowest BCUT2D eigenvalue weighted by atomic mass is 10.2. The Bertz CT molecular complexity index is 875. The van der Waals surface area contributed by atoms with Gasteiger partial charge in [-0.1, -0.05) is 20.8 Å². The molecule has 0 saturated heterocycles. The zero-order chi connectivity index (χ0) is 21.3. The highest BCUT2D eigenvalue weighted by Crippen LogP contribution is 2.38. The first kappa shape index (κ1) is 22.6. The number of hydrogen-bond donors (Lipinski definition) is 0. The lowest BCUT2D eigenvalue weighted by Gasteiger charge is -2.36. The first-order valence-electron chi connectivity index (χ1n) is 9.53. The second-order valence-corrected chi connectivity index (χ2v) is 15.3. The highest BCUT2D eigenvalue weighted by Gasteiger charge is 2.39. The average molecular weight is 422 g/mol. The Hall–Kier alpha value is -1.73. The zero-order valence-corrected chi connectivity index (χ0v) is 20.0. The van der Waals surface area contributed by atoms with Gasteiger partial charge in [-0.15, -0.1) is 11.3 Å². The van der Waals surface area contributed by atoms with Crippen molar-refractivity contribution < 1.29 is 18.8 Å². The summed E-state index contributed by atoms with van der Waals surface area (Å²) in [7, 11) is -1.93. The minimum atomic E-state index is -1.93. The van der Waals surface area contributed by atoms with Gasteiger partial charge < -0.3 is 9.16 Å². The second-order valence-electron chi connectivity index (χ2n) is 9.52. The van der Waals surface area contributed by atoms with Crippen LogP contribution in [-0.2, 0) is 9.53 Å². The highest BCUT2D eigenvalue weighted by molar-refractivity contribution is 7.20. The third-order valence-corrected chi connectivity index (χ3v) is 10.2. The summed E-state index contributed by atoms with van der Waals surface area (Å²) < 4.78 is 12.5. The fourth-order valence-electron chi connectivity index (χ4n) is 2.25. The van der Waals surface area contributed by atoms with Gasteiger partial charge in [-0.05, 0) is 57.1 Å². The van der Waals surface area contributed by atoms with Crippen LogP contribution < -0.4 is 4.43 Å². The number of rotatable bonds is 6. The summed E-state index contributed by atoms with van der Waals surface area (Å²) in [5, 5.41) is 0.529. The van der Waals surface area contributed by atoms with E-state index in [1.807, 2.05) is 39.0 Å². The van der Waals surface area contributed by atoms with E-state index in [4.69, 9.17) is 9.16 Å². The molecule has 0 aliphatic rings. The molecule has 1 aromatic heterocycles. The van der Waals surface area contributed by atoms with E-state index >= 15 is 0 Å². The van der Waals surface area contributed by atoms with E-state index in [0.717, 1.165) is 16.0 Å². The summed E-state index contributed by atoms with van der Waals surface area (Å²) in [5.74, 6) is 0.307. The maximum absolute atomic E-state index is 12.4. The van der Waals surface area contributed by atoms with Gasteiger partial charge in [0.15, 0.2) is 10.8 Å². The Morgan fingerprint density at radius 3 is 2.29 bits per heavy atom. The molecule has 7 heteroatoms. The van der Waals surface area contributed by atoms with Crippen molar-refractivity contribution in [2.75, 3.05) is 0 Å². The van der Waals surface area contributed by atoms with Gasteiger partial charge in [-0.25, -0.2) is 4.98 Å². The Kier molecular flexibility index (Phi) is 6.40. The van der Waals surface area contributed by atoms with Crippen LogP contribution in [0.1, 0.15) is 64.2 Å². The van der Waals surface area contributed by atoms with Crippen molar-refractivity contribution in [1.82, 2.24) is 4.98 Å². The number of carbonyl (C=O) groups excluding carboxylic acids is 2. The number of hydrogen-bond acceptors (Lipinski definition) is 6. The first-order chi connectivity index (χ1) is 12.7. The van der Waals surface area contributed by atoms with Gasteiger partial charge in [-0.3, -0.25) is 9.59 Å². The summed E-state index contributed by atoms with van der Waals surface area (Å²) in [6.45, 7) is 16.4. The first-order valence-corrected chi connectivity index (χ1v) is 13.3. The number of aromatic nitrogens is 1. The second kappa shape index (κ2) is 7.95. The third-order valence-electron chi connectivity index (χ3n) is 4.75. The SMILES string of the molecule is CC(C)(C)OC(=O)CCC(=O)c1nc2ccc(O[Si](C)(C)C(C)(C)C)cc2s1. The van der Waals surface area contributed by atoms with Gasteiger partial charge in [0, 0.05) is 6.42 Å². The highest BCUT2D eigenvalue weighted by atomic mass is 32.1. The zero-order valence-electron chi connectivity index (χ0n) is 18.1. The molecule has 0 unspecified atom stereocenters. The Morgan fingerprint density at radius 1 is 1.07 bits per heavy atom. The topological polar surface area (TPSA) is 65.5 Å². The summed E-state index contributed by atoms with van der Waals surface area (Å²) in [4.78, 5) is 28.7. The fourth-order valence-corrected chi connectivity index (χ4v) is 4.23. The summed E-state index contributed by atoms with van der Waals surface area (Å²) in [5.41, 5.74) is 0.226. The molecule has 0 N–H and O–H groups in total. The summed E-state index contributed by atoms with van der Waals surface area (Å²) in [6, 6.07) is 5.76. The van der Waals surface area contributed by atoms with Crippen LogP contribution in [0.4, 0.5) is 0 Å². The number of nitrogens with zero attached hydrogens (tertiary/aromatic N) is 1. The largest absolute Gasteiger partial charge is 0.543 e. The summed E-state index contributed by atoms with van der Waals surface area (Å²) in [6.07, 6.45) is 0.161. The number of Topliss-reactive ketones (excluding diaryl/α,β-unsaturated/α-hetero) is 1. The van der Waals surface area contributed by atoms with E-state index in [0.29, 0.717) is 5.01 Å². The number of ketones is 1. The Balaban J connectivity index is 2.10. The molecule has 1 aromatic carbocycles. The van der Waals surface area contributed by atoms with Crippen LogP contribution in [-0.4, -0.2) is 30.7 Å². The molecule has 0 fully saturated rings. The molecule has 0 amide bonds. The molecule has 0 aliphatic carbocycles. The van der Waals surface area contributed by atoms with Crippen molar-refractivity contribution in [3.63, 3.8) is 0 Å². The van der Waals surface area contributed by atoms with E-state index < -0.39 is 13.9 Å². The van der Waals surface area contributed by atoms with E-state index in [2.05, 4.69) is 38.8 Å². The number of benzene rings is 1.